The summed E-state index contributed by atoms with van der Waals surface area (Å²) in [7, 11) is 0. The first-order valence-electron chi connectivity index (χ1n) is 7.78. The van der Waals surface area contributed by atoms with Gasteiger partial charge in [0.15, 0.2) is 17.3 Å². The minimum Gasteiger partial charge on any atom is -0.485 e. The van der Waals surface area contributed by atoms with Gasteiger partial charge in [0.1, 0.15) is 23.9 Å². The van der Waals surface area contributed by atoms with Gasteiger partial charge in [-0.2, -0.15) is 5.10 Å². The summed E-state index contributed by atoms with van der Waals surface area (Å²) < 4.78 is 11.0. The van der Waals surface area contributed by atoms with Gasteiger partial charge >= 0.3 is 0 Å². The summed E-state index contributed by atoms with van der Waals surface area (Å²) in [6.07, 6.45) is 3.95. The number of H-pyrrole nitrogens is 1. The first-order valence-corrected chi connectivity index (χ1v) is 8.66. The van der Waals surface area contributed by atoms with Crippen molar-refractivity contribution in [3.63, 3.8) is 0 Å². The molecule has 4 rings (SSSR count). The molecule has 0 fully saturated rings. The summed E-state index contributed by atoms with van der Waals surface area (Å²) in [6, 6.07) is 3.73. The average molecular weight is 357 g/mol. The third-order valence-corrected chi connectivity index (χ3v) is 4.54. The molecule has 0 spiro atoms. The fourth-order valence-corrected chi connectivity index (χ4v) is 3.27. The molecule has 3 aromatic rings. The lowest BCUT2D eigenvalue weighted by molar-refractivity contribution is 0.0949. The van der Waals surface area contributed by atoms with Crippen molar-refractivity contribution in [3.8, 4) is 22.9 Å². The number of aromatic amines is 1. The molecule has 1 aliphatic rings. The molecule has 1 amide bonds. The number of thiophene rings is 1. The Balaban J connectivity index is 1.34. The average Bonchev–Trinajstić information content (AvgIpc) is 3.29. The highest BCUT2D eigenvalue weighted by Crippen LogP contribution is 2.39. The van der Waals surface area contributed by atoms with Crippen molar-refractivity contribution in [2.45, 2.75) is 6.42 Å². The van der Waals surface area contributed by atoms with Gasteiger partial charge in [0, 0.05) is 36.3 Å². The minimum absolute atomic E-state index is 0.177. The van der Waals surface area contributed by atoms with Gasteiger partial charge in [-0.15, -0.1) is 11.3 Å². The highest BCUT2D eigenvalue weighted by Gasteiger charge is 2.23. The van der Waals surface area contributed by atoms with Crippen LogP contribution in [0.5, 0.6) is 11.5 Å². The zero-order chi connectivity index (χ0) is 17.1. The summed E-state index contributed by atoms with van der Waals surface area (Å²) in [5, 5.41) is 11.7. The van der Waals surface area contributed by atoms with Crippen LogP contribution in [-0.2, 0) is 6.42 Å². The van der Waals surface area contributed by atoms with Crippen LogP contribution in [-0.4, -0.2) is 45.8 Å². The lowest BCUT2D eigenvalue weighted by Crippen LogP contribution is -2.26. The number of nitrogens with one attached hydrogen (secondary N) is 2. The number of pyridine rings is 1. The molecule has 3 aromatic heterocycles. The second-order valence-electron chi connectivity index (χ2n) is 5.31. The molecule has 9 heteroatoms. The molecular weight excluding hydrogens is 342 g/mol. The first kappa shape index (κ1) is 15.6. The molecular formula is C16H15N5O3S. The quantitative estimate of drug-likeness (QED) is 0.720. The van der Waals surface area contributed by atoms with E-state index < -0.39 is 0 Å². The summed E-state index contributed by atoms with van der Waals surface area (Å²) in [5.41, 5.74) is 0.844. The fourth-order valence-electron chi connectivity index (χ4n) is 2.43. The van der Waals surface area contributed by atoms with E-state index in [4.69, 9.17) is 9.47 Å². The van der Waals surface area contributed by atoms with Gasteiger partial charge in [0.25, 0.3) is 5.91 Å². The van der Waals surface area contributed by atoms with Crippen LogP contribution < -0.4 is 14.8 Å². The second kappa shape index (κ2) is 6.89. The number of hydrogen-bond acceptors (Lipinski definition) is 7. The Morgan fingerprint density at radius 1 is 1.36 bits per heavy atom. The van der Waals surface area contributed by atoms with Crippen molar-refractivity contribution in [2.24, 2.45) is 0 Å². The molecule has 2 N–H and O–H groups in total. The summed E-state index contributed by atoms with van der Waals surface area (Å²) in [6.45, 7) is 1.41. The fraction of sp³-hybridized carbons (Fsp3) is 0.250. The topological polar surface area (TPSA) is 102 Å². The van der Waals surface area contributed by atoms with Crippen LogP contribution >= 0.6 is 11.3 Å². The molecule has 128 valence electrons. The van der Waals surface area contributed by atoms with Crippen molar-refractivity contribution in [3.05, 3.63) is 40.6 Å². The van der Waals surface area contributed by atoms with E-state index in [1.807, 2.05) is 12.1 Å². The Kier molecular flexibility index (Phi) is 4.30. The van der Waals surface area contributed by atoms with Crippen LogP contribution in [0.2, 0.25) is 0 Å². The van der Waals surface area contributed by atoms with Crippen LogP contribution in [0.15, 0.2) is 29.9 Å². The molecule has 0 saturated heterocycles. The zero-order valence-corrected chi connectivity index (χ0v) is 14.0. The van der Waals surface area contributed by atoms with E-state index in [1.54, 1.807) is 17.8 Å². The number of carbonyl (C=O) groups excluding carboxylic acids is 1. The number of rotatable bonds is 5. The molecule has 0 saturated carbocycles. The van der Waals surface area contributed by atoms with E-state index in [1.165, 1.54) is 11.3 Å². The minimum atomic E-state index is -0.177. The third kappa shape index (κ3) is 3.31. The predicted octanol–water partition coefficient (Wildman–Crippen LogP) is 1.67. The largest absolute Gasteiger partial charge is 0.485 e. The Labute approximate surface area is 147 Å². The monoisotopic (exact) mass is 357 g/mol. The third-order valence-electron chi connectivity index (χ3n) is 3.61. The molecule has 0 bridgehead atoms. The number of hydrogen-bond donors (Lipinski definition) is 2. The van der Waals surface area contributed by atoms with Gasteiger partial charge in [-0.25, -0.2) is 4.98 Å². The van der Waals surface area contributed by atoms with E-state index in [9.17, 15) is 4.79 Å². The number of amides is 1. The highest BCUT2D eigenvalue weighted by atomic mass is 32.1. The second-order valence-corrected chi connectivity index (χ2v) is 6.19. The molecule has 0 aliphatic carbocycles. The van der Waals surface area contributed by atoms with Crippen LogP contribution in [0.25, 0.3) is 11.4 Å². The Morgan fingerprint density at radius 3 is 3.16 bits per heavy atom. The molecule has 0 atom stereocenters. The number of ether oxygens (including phenoxy) is 2. The van der Waals surface area contributed by atoms with Crippen molar-refractivity contribution < 1.29 is 14.3 Å². The maximum Gasteiger partial charge on any atom is 0.265 e. The maximum absolute atomic E-state index is 12.3. The number of carbonyl (C=O) groups is 1. The molecule has 8 nitrogen and oxygen atoms in total. The van der Waals surface area contributed by atoms with Gasteiger partial charge in [0.05, 0.1) is 0 Å². The molecule has 4 heterocycles. The van der Waals surface area contributed by atoms with Gasteiger partial charge in [-0.1, -0.05) is 0 Å². The Morgan fingerprint density at radius 2 is 2.28 bits per heavy atom. The maximum atomic E-state index is 12.3. The van der Waals surface area contributed by atoms with E-state index in [-0.39, 0.29) is 5.91 Å². The molecule has 25 heavy (non-hydrogen) atoms. The van der Waals surface area contributed by atoms with Crippen molar-refractivity contribution in [2.75, 3.05) is 19.8 Å². The molecule has 0 radical (unpaired) electrons. The van der Waals surface area contributed by atoms with Crippen molar-refractivity contribution >= 4 is 17.2 Å². The number of nitrogens with zero attached hydrogens (tertiary/aromatic N) is 3. The van der Waals surface area contributed by atoms with Gasteiger partial charge < -0.3 is 14.8 Å². The standard InChI is InChI=1S/C16H15N5O3S/c22-16(14-13-11(9-25-14)23-6-7-24-13)18-5-3-12-19-15(21-20-12)10-2-1-4-17-8-10/h1-2,4,8-9H,3,5-7H2,(H,18,22)(H,19,20,21). The molecule has 1 aliphatic heterocycles. The lowest BCUT2D eigenvalue weighted by atomic mass is 10.3. The van der Waals surface area contributed by atoms with Crippen LogP contribution in [0.1, 0.15) is 15.5 Å². The van der Waals surface area contributed by atoms with Crippen LogP contribution in [0, 0.1) is 0 Å². The van der Waals surface area contributed by atoms with Crippen LogP contribution in [0.4, 0.5) is 0 Å². The summed E-state index contributed by atoms with van der Waals surface area (Å²) >= 11 is 1.32. The normalized spacial score (nSPS) is 12.8. The van der Waals surface area contributed by atoms with Crippen molar-refractivity contribution in [1.29, 1.82) is 0 Å². The van der Waals surface area contributed by atoms with E-state index in [0.717, 1.165) is 5.56 Å². The van der Waals surface area contributed by atoms with E-state index in [0.29, 0.717) is 54.2 Å². The van der Waals surface area contributed by atoms with Gasteiger partial charge in [0.2, 0.25) is 0 Å². The first-order chi connectivity index (χ1) is 12.3. The van der Waals surface area contributed by atoms with E-state index in [2.05, 4.69) is 25.5 Å². The highest BCUT2D eigenvalue weighted by molar-refractivity contribution is 7.12. The van der Waals surface area contributed by atoms with Crippen LogP contribution in [0.3, 0.4) is 0 Å². The number of aromatic nitrogens is 4. The van der Waals surface area contributed by atoms with Gasteiger partial charge in [-0.3, -0.25) is 14.9 Å². The molecule has 0 aromatic carbocycles. The SMILES string of the molecule is O=C(NCCc1nc(-c2cccnc2)n[nH]1)c1scc2c1OCCO2. The smallest absolute Gasteiger partial charge is 0.265 e. The Bertz CT molecular complexity index is 877. The van der Waals surface area contributed by atoms with Gasteiger partial charge in [-0.05, 0) is 12.1 Å². The van der Waals surface area contributed by atoms with Crippen molar-refractivity contribution in [1.82, 2.24) is 25.5 Å². The predicted molar refractivity (Wildman–Crippen MR) is 91.0 cm³/mol. The van der Waals surface area contributed by atoms with E-state index >= 15 is 0 Å². The number of fused-ring (bicyclic) bond motifs is 1. The summed E-state index contributed by atoms with van der Waals surface area (Å²) in [4.78, 5) is 21.3. The zero-order valence-electron chi connectivity index (χ0n) is 13.2. The summed E-state index contributed by atoms with van der Waals surface area (Å²) in [5.74, 6) is 2.29. The molecule has 0 unspecified atom stereocenters. The Hall–Kier alpha value is -2.94. The lowest BCUT2D eigenvalue weighted by Gasteiger charge is -2.15.